The molecule has 1 unspecified atom stereocenters. The maximum absolute atomic E-state index is 6.38. The van der Waals surface area contributed by atoms with Gasteiger partial charge < -0.3 is 10.1 Å². The topological polar surface area (TPSA) is 39.1 Å². The lowest BCUT2D eigenvalue weighted by Crippen LogP contribution is -2.26. The molecule has 0 fully saturated rings. The first-order chi connectivity index (χ1) is 10.2. The Morgan fingerprint density at radius 3 is 2.90 bits per heavy atom. The Labute approximate surface area is 131 Å². The minimum Gasteiger partial charge on any atom is -0.383 e. The fourth-order valence-corrected chi connectivity index (χ4v) is 2.69. The Bertz CT molecular complexity index is 583. The number of aryl methyl sites for hydroxylation is 1. The number of benzene rings is 1. The van der Waals surface area contributed by atoms with Crippen LogP contribution in [0.4, 0.5) is 0 Å². The molecule has 1 aromatic carbocycles. The summed E-state index contributed by atoms with van der Waals surface area (Å²) in [5.41, 5.74) is 3.41. The molecule has 0 aliphatic carbocycles. The van der Waals surface area contributed by atoms with E-state index in [2.05, 4.69) is 48.5 Å². The Balaban J connectivity index is 2.40. The number of hydrogen-bond acceptors (Lipinski definition) is 3. The molecule has 2 aromatic rings. The Morgan fingerprint density at radius 2 is 2.24 bits per heavy atom. The highest BCUT2D eigenvalue weighted by Crippen LogP contribution is 2.28. The molecule has 1 heterocycles. The number of hydrogen-bond donors (Lipinski definition) is 1. The molecule has 21 heavy (non-hydrogen) atoms. The molecule has 114 valence electrons. The second kappa shape index (κ2) is 7.59. The average Bonchev–Trinajstić information content (AvgIpc) is 2.83. The van der Waals surface area contributed by atoms with Crippen LogP contribution >= 0.6 is 11.6 Å². The van der Waals surface area contributed by atoms with Gasteiger partial charge in [0, 0.05) is 7.11 Å². The molecular formula is C16H22ClN3O. The van der Waals surface area contributed by atoms with Crippen molar-refractivity contribution in [3.63, 3.8) is 0 Å². The second-order valence-electron chi connectivity index (χ2n) is 5.00. The van der Waals surface area contributed by atoms with Gasteiger partial charge in [-0.1, -0.05) is 48.4 Å². The van der Waals surface area contributed by atoms with E-state index in [1.54, 1.807) is 13.3 Å². The van der Waals surface area contributed by atoms with Crippen molar-refractivity contribution in [2.45, 2.75) is 26.4 Å². The number of halogens is 1. The van der Waals surface area contributed by atoms with Crippen molar-refractivity contribution in [2.24, 2.45) is 0 Å². The van der Waals surface area contributed by atoms with Crippen LogP contribution in [0, 0.1) is 6.92 Å². The molecule has 0 aliphatic rings. The quantitative estimate of drug-likeness (QED) is 0.854. The molecule has 1 N–H and O–H groups in total. The van der Waals surface area contributed by atoms with Gasteiger partial charge in [0.15, 0.2) is 0 Å². The SMILES string of the molecule is CCNC(c1cccc(C)c1)c1c(Cl)cnn1CCOC. The van der Waals surface area contributed by atoms with E-state index in [9.17, 15) is 0 Å². The van der Waals surface area contributed by atoms with Crippen molar-refractivity contribution < 1.29 is 4.74 Å². The van der Waals surface area contributed by atoms with Crippen LogP contribution in [0.3, 0.4) is 0 Å². The molecule has 0 spiro atoms. The van der Waals surface area contributed by atoms with Crippen LogP contribution in [-0.4, -0.2) is 30.0 Å². The third-order valence-corrected chi connectivity index (χ3v) is 3.69. The van der Waals surface area contributed by atoms with E-state index in [1.165, 1.54) is 11.1 Å². The average molecular weight is 308 g/mol. The molecule has 0 radical (unpaired) electrons. The summed E-state index contributed by atoms with van der Waals surface area (Å²) < 4.78 is 7.07. The van der Waals surface area contributed by atoms with Crippen molar-refractivity contribution in [1.82, 2.24) is 15.1 Å². The summed E-state index contributed by atoms with van der Waals surface area (Å²) in [6.07, 6.45) is 1.70. The first-order valence-electron chi connectivity index (χ1n) is 7.17. The molecule has 0 bridgehead atoms. The Hall–Kier alpha value is -1.36. The lowest BCUT2D eigenvalue weighted by Gasteiger charge is -2.21. The summed E-state index contributed by atoms with van der Waals surface area (Å²) >= 11 is 6.38. The zero-order chi connectivity index (χ0) is 15.2. The van der Waals surface area contributed by atoms with Crippen LogP contribution < -0.4 is 5.32 Å². The fourth-order valence-electron chi connectivity index (χ4n) is 2.44. The maximum Gasteiger partial charge on any atom is 0.0837 e. The number of rotatable bonds is 7. The van der Waals surface area contributed by atoms with E-state index in [0.717, 1.165) is 12.2 Å². The van der Waals surface area contributed by atoms with Gasteiger partial charge in [-0.2, -0.15) is 5.10 Å². The summed E-state index contributed by atoms with van der Waals surface area (Å²) in [5.74, 6) is 0. The molecule has 1 aromatic heterocycles. The summed E-state index contributed by atoms with van der Waals surface area (Å²) in [5, 5.41) is 8.55. The highest BCUT2D eigenvalue weighted by Gasteiger charge is 2.21. The molecule has 0 amide bonds. The van der Waals surface area contributed by atoms with Crippen LogP contribution in [-0.2, 0) is 11.3 Å². The number of nitrogens with one attached hydrogen (secondary N) is 1. The van der Waals surface area contributed by atoms with E-state index in [1.807, 2.05) is 4.68 Å². The van der Waals surface area contributed by atoms with Gasteiger partial charge in [0.05, 0.1) is 36.1 Å². The molecule has 0 saturated heterocycles. The molecule has 4 nitrogen and oxygen atoms in total. The highest BCUT2D eigenvalue weighted by atomic mass is 35.5. The number of ether oxygens (including phenoxy) is 1. The number of methoxy groups -OCH3 is 1. The van der Waals surface area contributed by atoms with E-state index >= 15 is 0 Å². The van der Waals surface area contributed by atoms with Gasteiger partial charge in [0.25, 0.3) is 0 Å². The molecule has 0 aliphatic heterocycles. The monoisotopic (exact) mass is 307 g/mol. The van der Waals surface area contributed by atoms with Crippen LogP contribution in [0.2, 0.25) is 5.02 Å². The van der Waals surface area contributed by atoms with Crippen molar-refractivity contribution in [1.29, 1.82) is 0 Å². The van der Waals surface area contributed by atoms with Crippen molar-refractivity contribution >= 4 is 11.6 Å². The predicted octanol–water partition coefficient (Wildman–Crippen LogP) is 3.19. The first-order valence-corrected chi connectivity index (χ1v) is 7.55. The summed E-state index contributed by atoms with van der Waals surface area (Å²) in [6.45, 7) is 6.33. The standard InChI is InChI=1S/C16H22ClN3O/c1-4-18-15(13-7-5-6-12(2)10-13)16-14(17)11-19-20(16)8-9-21-3/h5-7,10-11,15,18H,4,8-9H2,1-3H3. The van der Waals surface area contributed by atoms with Gasteiger partial charge in [0.1, 0.15) is 0 Å². The number of nitrogens with zero attached hydrogens (tertiary/aromatic N) is 2. The third kappa shape index (κ3) is 3.84. The second-order valence-corrected chi connectivity index (χ2v) is 5.41. The van der Waals surface area contributed by atoms with Crippen LogP contribution in [0.25, 0.3) is 0 Å². The van der Waals surface area contributed by atoms with E-state index < -0.39 is 0 Å². The van der Waals surface area contributed by atoms with Gasteiger partial charge in [-0.05, 0) is 19.0 Å². The van der Waals surface area contributed by atoms with Crippen LogP contribution in [0.15, 0.2) is 30.5 Å². The highest BCUT2D eigenvalue weighted by molar-refractivity contribution is 6.31. The first kappa shape index (κ1) is 16.0. The summed E-state index contributed by atoms with van der Waals surface area (Å²) in [6, 6.07) is 8.48. The van der Waals surface area contributed by atoms with Gasteiger partial charge in [0.2, 0.25) is 0 Å². The number of aromatic nitrogens is 2. The zero-order valence-electron chi connectivity index (χ0n) is 12.8. The zero-order valence-corrected chi connectivity index (χ0v) is 13.5. The van der Waals surface area contributed by atoms with Crippen LogP contribution in [0.1, 0.15) is 29.8 Å². The lowest BCUT2D eigenvalue weighted by molar-refractivity contribution is 0.182. The third-order valence-electron chi connectivity index (χ3n) is 3.40. The normalized spacial score (nSPS) is 12.6. The van der Waals surface area contributed by atoms with Gasteiger partial charge in [-0.15, -0.1) is 0 Å². The predicted molar refractivity (Wildman–Crippen MR) is 85.8 cm³/mol. The summed E-state index contributed by atoms with van der Waals surface area (Å²) in [4.78, 5) is 0. The molecule has 5 heteroatoms. The maximum atomic E-state index is 6.38. The van der Waals surface area contributed by atoms with Crippen LogP contribution in [0.5, 0.6) is 0 Å². The van der Waals surface area contributed by atoms with Gasteiger partial charge >= 0.3 is 0 Å². The van der Waals surface area contributed by atoms with E-state index in [0.29, 0.717) is 18.2 Å². The smallest absolute Gasteiger partial charge is 0.0837 e. The molecular weight excluding hydrogens is 286 g/mol. The van der Waals surface area contributed by atoms with Crippen molar-refractivity contribution in [2.75, 3.05) is 20.3 Å². The Kier molecular flexibility index (Phi) is 5.79. The lowest BCUT2D eigenvalue weighted by atomic mass is 10.0. The van der Waals surface area contributed by atoms with Gasteiger partial charge in [-0.3, -0.25) is 4.68 Å². The molecule has 1 atom stereocenters. The largest absolute Gasteiger partial charge is 0.383 e. The van der Waals surface area contributed by atoms with E-state index in [-0.39, 0.29) is 6.04 Å². The minimum atomic E-state index is 0.0294. The van der Waals surface area contributed by atoms with Crippen molar-refractivity contribution in [3.8, 4) is 0 Å². The molecule has 0 saturated carbocycles. The molecule has 2 rings (SSSR count). The van der Waals surface area contributed by atoms with Gasteiger partial charge in [-0.25, -0.2) is 0 Å². The minimum absolute atomic E-state index is 0.0294. The van der Waals surface area contributed by atoms with Crippen molar-refractivity contribution in [3.05, 3.63) is 52.3 Å². The Morgan fingerprint density at radius 1 is 1.43 bits per heavy atom. The summed E-state index contributed by atoms with van der Waals surface area (Å²) in [7, 11) is 1.69. The van der Waals surface area contributed by atoms with E-state index in [4.69, 9.17) is 16.3 Å². The fraction of sp³-hybridized carbons (Fsp3) is 0.438.